The third-order valence-electron chi connectivity index (χ3n) is 7.28. The van der Waals surface area contributed by atoms with Gasteiger partial charge >= 0.3 is 278 Å². The monoisotopic (exact) mass is 735 g/mol. The summed E-state index contributed by atoms with van der Waals surface area (Å²) in [7, 11) is 0. The van der Waals surface area contributed by atoms with Crippen LogP contribution in [0.15, 0.2) is 91.0 Å². The summed E-state index contributed by atoms with van der Waals surface area (Å²) in [5.74, 6) is -0.604. The number of carboxylic acids is 1. The second-order valence-corrected chi connectivity index (χ2v) is 14.4. The summed E-state index contributed by atoms with van der Waals surface area (Å²) in [6.45, 7) is 3.26. The van der Waals surface area contributed by atoms with Gasteiger partial charge in [0, 0.05) is 0 Å². The number of alkyl halides is 6. The standard InChI is InChI=1S/C35H27F6NO3SSe/c1-20-17-28(15-16-29(20)45-19-31(43)44)47-30(32-21(2)42-33(46-32)25-9-13-27(14-10-25)35(39,40)41)18-22-3-5-23(6-4-22)24-7-11-26(12-8-24)34(36,37)38/h3-17,30H,18-19H2,1-2H3,(H,43,44). The van der Waals surface area contributed by atoms with Crippen LogP contribution in [0.25, 0.3) is 21.7 Å². The second kappa shape index (κ2) is 13.9. The first-order valence-corrected chi connectivity index (χ1v) is 16.9. The van der Waals surface area contributed by atoms with Crippen molar-refractivity contribution in [3.05, 3.63) is 124 Å². The molecule has 4 aromatic carbocycles. The molecule has 1 aromatic heterocycles. The van der Waals surface area contributed by atoms with Gasteiger partial charge in [-0.2, -0.15) is 0 Å². The van der Waals surface area contributed by atoms with Crippen molar-refractivity contribution in [2.75, 3.05) is 6.61 Å². The van der Waals surface area contributed by atoms with Gasteiger partial charge in [0.15, 0.2) is 0 Å². The molecule has 5 rings (SSSR count). The Morgan fingerprint density at radius 1 is 0.809 bits per heavy atom. The number of nitrogens with zero attached hydrogens (tertiary/aromatic N) is 1. The molecule has 1 atom stereocenters. The third-order valence-corrected chi connectivity index (χ3v) is 11.5. The Hall–Kier alpha value is -4.12. The van der Waals surface area contributed by atoms with Crippen LogP contribution in [-0.2, 0) is 23.6 Å². The number of thiazole rings is 1. The SMILES string of the molecule is Cc1cc([Se]C(Cc2ccc(-c3ccc(C(F)(F)F)cc3)cc2)c2sc(-c3ccc(C(F)(F)F)cc3)nc2C)ccc1OCC(=O)O. The van der Waals surface area contributed by atoms with Crippen molar-refractivity contribution in [3.8, 4) is 27.4 Å². The molecule has 0 saturated carbocycles. The summed E-state index contributed by atoms with van der Waals surface area (Å²) >= 11 is 1.28. The van der Waals surface area contributed by atoms with Crippen LogP contribution >= 0.6 is 11.3 Å². The first-order chi connectivity index (χ1) is 22.2. The van der Waals surface area contributed by atoms with Crippen molar-refractivity contribution in [2.45, 2.75) is 37.4 Å². The topological polar surface area (TPSA) is 59.4 Å². The molecule has 0 aliphatic rings. The van der Waals surface area contributed by atoms with Crippen LogP contribution in [0.2, 0.25) is 0 Å². The maximum atomic E-state index is 13.1. The van der Waals surface area contributed by atoms with E-state index in [1.54, 1.807) is 6.07 Å². The number of hydrogen-bond donors (Lipinski definition) is 1. The maximum absolute atomic E-state index is 13.1. The molecule has 0 aliphatic carbocycles. The number of rotatable bonds is 10. The molecule has 0 aliphatic heterocycles. The molecule has 0 radical (unpaired) electrons. The quantitative estimate of drug-likeness (QED) is 0.115. The van der Waals surface area contributed by atoms with Gasteiger partial charge in [-0.3, -0.25) is 0 Å². The summed E-state index contributed by atoms with van der Waals surface area (Å²) in [6, 6.07) is 23.2. The number of aliphatic carboxylic acids is 1. The van der Waals surface area contributed by atoms with Crippen molar-refractivity contribution < 1.29 is 41.0 Å². The Kier molecular flexibility index (Phi) is 10.1. The summed E-state index contributed by atoms with van der Waals surface area (Å²) in [5.41, 5.74) is 3.13. The van der Waals surface area contributed by atoms with Gasteiger partial charge in [-0.1, -0.05) is 0 Å². The first kappa shape index (κ1) is 34.2. The van der Waals surface area contributed by atoms with E-state index in [2.05, 4.69) is 0 Å². The van der Waals surface area contributed by atoms with Gasteiger partial charge in [0.2, 0.25) is 0 Å². The molecule has 0 fully saturated rings. The minimum atomic E-state index is -4.44. The van der Waals surface area contributed by atoms with Crippen molar-refractivity contribution in [3.63, 3.8) is 0 Å². The molecule has 0 bridgehead atoms. The van der Waals surface area contributed by atoms with Gasteiger partial charge in [-0.05, 0) is 0 Å². The van der Waals surface area contributed by atoms with E-state index in [0.29, 0.717) is 28.3 Å². The van der Waals surface area contributed by atoms with Crippen LogP contribution in [0.5, 0.6) is 5.75 Å². The molecule has 1 unspecified atom stereocenters. The van der Waals surface area contributed by atoms with E-state index < -0.39 is 36.1 Å². The molecule has 0 spiro atoms. The summed E-state index contributed by atoms with van der Waals surface area (Å²) in [4.78, 5) is 16.6. The number of aromatic nitrogens is 1. The van der Waals surface area contributed by atoms with Crippen molar-refractivity contribution in [1.82, 2.24) is 4.98 Å². The van der Waals surface area contributed by atoms with Crippen LogP contribution in [0.3, 0.4) is 0 Å². The number of ether oxygens (including phenoxy) is 1. The van der Waals surface area contributed by atoms with Crippen LogP contribution in [-0.4, -0.2) is 37.6 Å². The van der Waals surface area contributed by atoms with E-state index in [0.717, 1.165) is 56.0 Å². The zero-order valence-electron chi connectivity index (χ0n) is 24.9. The predicted molar refractivity (Wildman–Crippen MR) is 170 cm³/mol. The zero-order valence-corrected chi connectivity index (χ0v) is 27.5. The normalized spacial score (nSPS) is 12.6. The van der Waals surface area contributed by atoms with Gasteiger partial charge in [0.05, 0.1) is 0 Å². The molecule has 244 valence electrons. The molecular weight excluding hydrogens is 707 g/mol. The number of halogens is 6. The number of benzene rings is 4. The Balaban J connectivity index is 1.43. The van der Waals surface area contributed by atoms with E-state index in [1.165, 1.54) is 35.6 Å². The Labute approximate surface area is 277 Å². The van der Waals surface area contributed by atoms with Crippen LogP contribution in [0.4, 0.5) is 26.3 Å². The van der Waals surface area contributed by atoms with Crippen LogP contribution in [0.1, 0.15) is 37.6 Å². The van der Waals surface area contributed by atoms with E-state index in [1.807, 2.05) is 50.2 Å². The average Bonchev–Trinajstić information content (AvgIpc) is 3.41. The van der Waals surface area contributed by atoms with Crippen LogP contribution < -0.4 is 9.20 Å². The summed E-state index contributed by atoms with van der Waals surface area (Å²) < 4.78 is 84.9. The Morgan fingerprint density at radius 2 is 1.34 bits per heavy atom. The van der Waals surface area contributed by atoms with Crippen LogP contribution in [0, 0.1) is 13.8 Å². The van der Waals surface area contributed by atoms with Gasteiger partial charge in [0.1, 0.15) is 0 Å². The first-order valence-electron chi connectivity index (χ1n) is 14.2. The molecular formula is C35H27F6NO3SSe. The molecule has 1 heterocycles. The summed E-state index contributed by atoms with van der Waals surface area (Å²) in [6.07, 6.45) is -8.24. The number of aryl methyl sites for hydroxylation is 2. The fourth-order valence-corrected chi connectivity index (χ4v) is 9.16. The molecule has 12 heteroatoms. The Bertz CT molecular complexity index is 1850. The number of carboxylic acid groups (broad SMARTS) is 1. The molecule has 0 saturated heterocycles. The zero-order chi connectivity index (χ0) is 33.9. The molecule has 0 amide bonds. The van der Waals surface area contributed by atoms with E-state index in [9.17, 15) is 31.1 Å². The molecule has 5 aromatic rings. The van der Waals surface area contributed by atoms with Gasteiger partial charge in [0.25, 0.3) is 0 Å². The van der Waals surface area contributed by atoms with Crippen molar-refractivity contribution >= 4 is 36.7 Å². The second-order valence-electron chi connectivity index (χ2n) is 10.7. The number of carbonyl (C=O) groups is 1. The van der Waals surface area contributed by atoms with E-state index >= 15 is 0 Å². The Morgan fingerprint density at radius 3 is 1.85 bits per heavy atom. The van der Waals surface area contributed by atoms with E-state index in [-0.39, 0.29) is 19.8 Å². The molecule has 1 N–H and O–H groups in total. The van der Waals surface area contributed by atoms with E-state index in [4.69, 9.17) is 14.8 Å². The molecule has 4 nitrogen and oxygen atoms in total. The van der Waals surface area contributed by atoms with Crippen molar-refractivity contribution in [1.29, 1.82) is 0 Å². The fourth-order valence-electron chi connectivity index (χ4n) is 4.88. The fraction of sp³-hybridized carbons (Fsp3) is 0.200. The third kappa shape index (κ3) is 8.62. The predicted octanol–water partition coefficient (Wildman–Crippen LogP) is 8.91. The minimum absolute atomic E-state index is 0.0229. The van der Waals surface area contributed by atoms with Crippen molar-refractivity contribution in [2.24, 2.45) is 0 Å². The van der Waals surface area contributed by atoms with Gasteiger partial charge in [-0.25, -0.2) is 0 Å². The van der Waals surface area contributed by atoms with Gasteiger partial charge in [-0.15, -0.1) is 0 Å². The van der Waals surface area contributed by atoms with Gasteiger partial charge < -0.3 is 0 Å². The average molecular weight is 735 g/mol. The number of hydrogen-bond acceptors (Lipinski definition) is 4. The molecule has 47 heavy (non-hydrogen) atoms. The summed E-state index contributed by atoms with van der Waals surface area (Å²) in [5, 5.41) is 9.58.